The van der Waals surface area contributed by atoms with Crippen molar-refractivity contribution in [3.63, 3.8) is 0 Å². The molecule has 1 aromatic carbocycles. The van der Waals surface area contributed by atoms with Crippen molar-refractivity contribution in [3.05, 3.63) is 22.6 Å². The highest BCUT2D eigenvalue weighted by atomic mass is 16.5. The molecule has 0 unspecified atom stereocenters. The number of H-pyrrole nitrogens is 1. The first-order valence-corrected chi connectivity index (χ1v) is 6.02. The van der Waals surface area contributed by atoms with Gasteiger partial charge in [0, 0.05) is 12.1 Å². The van der Waals surface area contributed by atoms with Crippen LogP contribution in [-0.4, -0.2) is 41.5 Å². The largest absolute Gasteiger partial charge is 0.493 e. The Balaban J connectivity index is 0.000000956. The van der Waals surface area contributed by atoms with Crippen LogP contribution in [0, 0.1) is 0 Å². The Morgan fingerprint density at radius 3 is 1.95 bits per heavy atom. The molecule has 2 rings (SSSR count). The van der Waals surface area contributed by atoms with Crippen molar-refractivity contribution in [2.24, 2.45) is 0 Å². The number of ether oxygens (including phenoxy) is 3. The fourth-order valence-corrected chi connectivity index (χ4v) is 1.56. The number of methoxy groups -OCH3 is 3. The van der Waals surface area contributed by atoms with Gasteiger partial charge in [-0.15, -0.1) is 0 Å². The van der Waals surface area contributed by atoms with Crippen LogP contribution in [0.1, 0.15) is 13.8 Å². The zero-order valence-electron chi connectivity index (χ0n) is 12.1. The molecule has 2 aromatic rings. The Kier molecular flexibility index (Phi) is 5.57. The number of nitrogens with zero attached hydrogens (tertiary/aromatic N) is 3. The van der Waals surface area contributed by atoms with E-state index in [2.05, 4.69) is 15.5 Å². The molecule has 0 aliphatic carbocycles. The van der Waals surface area contributed by atoms with E-state index >= 15 is 0 Å². The average Bonchev–Trinajstić information content (AvgIpc) is 2.93. The molecule has 0 amide bonds. The second-order valence-corrected chi connectivity index (χ2v) is 3.30. The standard InChI is InChI=1S/C10H12N4O4.C2H6/c1-16-7-4-6(14-10(15)11-12-13-14)5-8(17-2)9(7)18-3;1-2/h4-5H,1-3H3,(H,11,13,15);1-2H3. The van der Waals surface area contributed by atoms with Crippen LogP contribution < -0.4 is 19.9 Å². The number of benzene rings is 1. The summed E-state index contributed by atoms with van der Waals surface area (Å²) in [6.45, 7) is 4.00. The van der Waals surface area contributed by atoms with Gasteiger partial charge in [0.1, 0.15) is 0 Å². The highest BCUT2D eigenvalue weighted by Gasteiger charge is 2.15. The van der Waals surface area contributed by atoms with E-state index in [0.29, 0.717) is 22.9 Å². The predicted octanol–water partition coefficient (Wildman–Crippen LogP) is 1.01. The molecule has 0 radical (unpaired) electrons. The van der Waals surface area contributed by atoms with E-state index in [1.165, 1.54) is 21.3 Å². The van der Waals surface area contributed by atoms with Crippen LogP contribution in [0.15, 0.2) is 16.9 Å². The molecule has 110 valence electrons. The molecule has 1 N–H and O–H groups in total. The molecule has 0 bridgehead atoms. The van der Waals surface area contributed by atoms with Gasteiger partial charge in [0.2, 0.25) is 5.75 Å². The van der Waals surface area contributed by atoms with Crippen molar-refractivity contribution in [2.75, 3.05) is 21.3 Å². The van der Waals surface area contributed by atoms with Gasteiger partial charge in [0.25, 0.3) is 0 Å². The van der Waals surface area contributed by atoms with Gasteiger partial charge in [-0.1, -0.05) is 13.8 Å². The molecule has 0 aliphatic heterocycles. The summed E-state index contributed by atoms with van der Waals surface area (Å²) in [6, 6.07) is 3.20. The summed E-state index contributed by atoms with van der Waals surface area (Å²) in [4.78, 5) is 11.4. The Morgan fingerprint density at radius 2 is 1.60 bits per heavy atom. The average molecular weight is 282 g/mol. The summed E-state index contributed by atoms with van der Waals surface area (Å²) in [6.07, 6.45) is 0. The highest BCUT2D eigenvalue weighted by Crippen LogP contribution is 2.38. The molecular weight excluding hydrogens is 264 g/mol. The van der Waals surface area contributed by atoms with Crippen molar-refractivity contribution >= 4 is 0 Å². The maximum atomic E-state index is 11.4. The number of nitrogens with one attached hydrogen (secondary N) is 1. The summed E-state index contributed by atoms with van der Waals surface area (Å²) in [5.74, 6) is 1.31. The van der Waals surface area contributed by atoms with Crippen molar-refractivity contribution in [1.82, 2.24) is 20.2 Å². The number of hydrogen-bond donors (Lipinski definition) is 1. The second-order valence-electron chi connectivity index (χ2n) is 3.30. The highest BCUT2D eigenvalue weighted by molar-refractivity contribution is 5.57. The topological polar surface area (TPSA) is 91.3 Å². The molecule has 8 heteroatoms. The first-order chi connectivity index (χ1) is 9.71. The van der Waals surface area contributed by atoms with Crippen LogP contribution in [-0.2, 0) is 0 Å². The predicted molar refractivity (Wildman–Crippen MR) is 73.0 cm³/mol. The van der Waals surface area contributed by atoms with E-state index in [-0.39, 0.29) is 0 Å². The fraction of sp³-hybridized carbons (Fsp3) is 0.417. The maximum Gasteiger partial charge on any atom is 0.365 e. The number of hydrogen-bond acceptors (Lipinski definition) is 6. The van der Waals surface area contributed by atoms with Crippen LogP contribution in [0.4, 0.5) is 0 Å². The number of rotatable bonds is 4. The minimum atomic E-state index is -0.454. The Labute approximate surface area is 116 Å². The lowest BCUT2D eigenvalue weighted by atomic mass is 10.2. The Hall–Kier alpha value is -2.51. The zero-order chi connectivity index (χ0) is 15.1. The van der Waals surface area contributed by atoms with Gasteiger partial charge in [-0.05, 0) is 10.4 Å². The van der Waals surface area contributed by atoms with Crippen molar-refractivity contribution < 1.29 is 14.2 Å². The minimum Gasteiger partial charge on any atom is -0.493 e. The van der Waals surface area contributed by atoms with E-state index in [0.717, 1.165) is 4.68 Å². The van der Waals surface area contributed by atoms with Gasteiger partial charge >= 0.3 is 5.69 Å². The molecule has 0 saturated heterocycles. The van der Waals surface area contributed by atoms with Crippen molar-refractivity contribution in [3.8, 4) is 22.9 Å². The van der Waals surface area contributed by atoms with Crippen LogP contribution in [0.2, 0.25) is 0 Å². The van der Waals surface area contributed by atoms with Crippen LogP contribution >= 0.6 is 0 Å². The normalized spacial score (nSPS) is 9.45. The molecule has 0 saturated carbocycles. The van der Waals surface area contributed by atoms with E-state index in [9.17, 15) is 4.79 Å². The van der Waals surface area contributed by atoms with Gasteiger partial charge in [-0.25, -0.2) is 9.89 Å². The van der Waals surface area contributed by atoms with Gasteiger partial charge < -0.3 is 14.2 Å². The van der Waals surface area contributed by atoms with Crippen molar-refractivity contribution in [1.29, 1.82) is 0 Å². The molecule has 1 heterocycles. The third-order valence-electron chi connectivity index (χ3n) is 2.37. The van der Waals surface area contributed by atoms with Crippen LogP contribution in [0.25, 0.3) is 5.69 Å². The van der Waals surface area contributed by atoms with E-state index in [4.69, 9.17) is 14.2 Å². The lowest BCUT2D eigenvalue weighted by Gasteiger charge is -2.13. The maximum absolute atomic E-state index is 11.4. The van der Waals surface area contributed by atoms with E-state index in [1.807, 2.05) is 13.8 Å². The third-order valence-corrected chi connectivity index (χ3v) is 2.37. The van der Waals surface area contributed by atoms with E-state index < -0.39 is 5.69 Å². The lowest BCUT2D eigenvalue weighted by Crippen LogP contribution is -2.16. The van der Waals surface area contributed by atoms with Gasteiger partial charge in [-0.2, -0.15) is 4.68 Å². The molecule has 8 nitrogen and oxygen atoms in total. The third kappa shape index (κ3) is 2.90. The smallest absolute Gasteiger partial charge is 0.365 e. The molecule has 0 aliphatic rings. The van der Waals surface area contributed by atoms with Gasteiger partial charge in [0.05, 0.1) is 27.0 Å². The molecule has 1 aromatic heterocycles. The Morgan fingerprint density at radius 1 is 1.05 bits per heavy atom. The molecule has 0 atom stereocenters. The SMILES string of the molecule is CC.COc1cc(-n2nn[nH]c2=O)cc(OC)c1OC. The fourth-order valence-electron chi connectivity index (χ4n) is 1.56. The second kappa shape index (κ2) is 7.17. The minimum absolute atomic E-state index is 0.432. The first-order valence-electron chi connectivity index (χ1n) is 6.02. The number of aromatic nitrogens is 4. The Bertz CT molecular complexity index is 580. The van der Waals surface area contributed by atoms with Gasteiger partial charge in [0.15, 0.2) is 11.5 Å². The van der Waals surface area contributed by atoms with Crippen LogP contribution in [0.5, 0.6) is 17.2 Å². The monoisotopic (exact) mass is 282 g/mol. The summed E-state index contributed by atoms with van der Waals surface area (Å²) in [5, 5.41) is 9.26. The quantitative estimate of drug-likeness (QED) is 0.899. The molecule has 0 fully saturated rings. The number of tetrazole rings is 1. The first kappa shape index (κ1) is 15.5. The molecular formula is C12H18N4O4. The zero-order valence-corrected chi connectivity index (χ0v) is 12.1. The van der Waals surface area contributed by atoms with Crippen LogP contribution in [0.3, 0.4) is 0 Å². The lowest BCUT2D eigenvalue weighted by molar-refractivity contribution is 0.324. The molecule has 20 heavy (non-hydrogen) atoms. The summed E-state index contributed by atoms with van der Waals surface area (Å²) in [7, 11) is 4.49. The van der Waals surface area contributed by atoms with Crippen molar-refractivity contribution in [2.45, 2.75) is 13.8 Å². The summed E-state index contributed by atoms with van der Waals surface area (Å²) < 4.78 is 16.6. The summed E-state index contributed by atoms with van der Waals surface area (Å²) >= 11 is 0. The number of aromatic amines is 1. The molecule has 0 spiro atoms. The van der Waals surface area contributed by atoms with E-state index in [1.54, 1.807) is 12.1 Å². The summed E-state index contributed by atoms with van der Waals surface area (Å²) in [5.41, 5.74) is 0.00697. The van der Waals surface area contributed by atoms with Gasteiger partial charge in [-0.3, -0.25) is 0 Å².